The van der Waals surface area contributed by atoms with E-state index in [-0.39, 0.29) is 38.4 Å². The molecule has 11 aromatic rings. The van der Waals surface area contributed by atoms with Crippen LogP contribution in [0.1, 0.15) is 211 Å². The molecule has 15 heteroatoms. The molecule has 0 unspecified atom stereocenters. The van der Waals surface area contributed by atoms with Crippen LogP contribution in [-0.2, 0) is 28.7 Å². The maximum absolute atomic E-state index is 8.09. The number of rotatable bonds is 17. The minimum absolute atomic E-state index is 0. The summed E-state index contributed by atoms with van der Waals surface area (Å²) in [6, 6.07) is 116. The molecule has 6 saturated carbocycles. The quantitative estimate of drug-likeness (QED) is 0.0227. The van der Waals surface area contributed by atoms with Crippen LogP contribution in [-0.4, -0.2) is 49.6 Å². The van der Waals surface area contributed by atoms with Gasteiger partial charge in [0.15, 0.2) is 0 Å². The van der Waals surface area contributed by atoms with Gasteiger partial charge in [0.25, 0.3) is 6.21 Å². The molecule has 636 valence electrons. The van der Waals surface area contributed by atoms with E-state index < -0.39 is 37.3 Å². The number of hydrogen-bond donors (Lipinski definition) is 0. The fourth-order valence-corrected chi connectivity index (χ4v) is 37.6. The summed E-state index contributed by atoms with van der Waals surface area (Å²) in [4.78, 5) is 2.88. The molecule has 4 nitrogen and oxygen atoms in total. The van der Waals surface area contributed by atoms with Crippen molar-refractivity contribution in [3.05, 3.63) is 350 Å². The molecule has 6 aliphatic rings. The van der Waals surface area contributed by atoms with Gasteiger partial charge in [0.05, 0.1) is 39.5 Å². The van der Waals surface area contributed by atoms with Crippen molar-refractivity contribution in [2.24, 2.45) is 0 Å². The normalized spacial score (nSPS) is 15.9. The third kappa shape index (κ3) is 35.9. The molecule has 17 rings (SSSR count). The maximum Gasteiger partial charge on any atom is 0.287 e. The zero-order valence-corrected chi connectivity index (χ0v) is 80.6. The summed E-state index contributed by atoms with van der Waals surface area (Å²) in [6.45, 7) is 0. The molecule has 0 heterocycles. The Morgan fingerprint density at radius 2 is 0.408 bits per heavy atom. The minimum atomic E-state index is -1.61. The van der Waals surface area contributed by atoms with E-state index in [1.165, 1.54) is 87.9 Å². The van der Waals surface area contributed by atoms with Crippen LogP contribution >= 0.6 is 78.4 Å². The van der Waals surface area contributed by atoms with Crippen LogP contribution in [0.3, 0.4) is 0 Å². The summed E-state index contributed by atoms with van der Waals surface area (Å²) in [5.74, 6) is 0. The van der Waals surface area contributed by atoms with Gasteiger partial charge in [-0.3, -0.25) is 0 Å². The van der Waals surface area contributed by atoms with Crippen LogP contribution in [0.4, 0.5) is 0 Å². The summed E-state index contributed by atoms with van der Waals surface area (Å²) in [5, 5.41) is 24.6. The van der Waals surface area contributed by atoms with Gasteiger partial charge in [0, 0.05) is 26.6 Å². The average Bonchev–Trinajstić information content (AvgIpc) is 0.844. The molecule has 6 aliphatic carbocycles. The Morgan fingerprint density at radius 1 is 0.267 bits per heavy atom. The van der Waals surface area contributed by atoms with E-state index in [1.54, 1.807) is 193 Å². The van der Waals surface area contributed by atoms with Crippen LogP contribution < -0.4 is 47.7 Å². The fourth-order valence-electron chi connectivity index (χ4n) is 18.4. The maximum atomic E-state index is 8.09. The molecule has 0 amide bonds. The van der Waals surface area contributed by atoms with Gasteiger partial charge in [-0.15, -0.1) is 0 Å². The van der Waals surface area contributed by atoms with Gasteiger partial charge in [-0.1, -0.05) is 337 Å². The van der Waals surface area contributed by atoms with Gasteiger partial charge >= 0.3 is 108 Å². The SMILES string of the molecule is C.C1CCC([PH+](C2CCCCC2)C2CCCCC2)CC1.C1CCC([PH+](C2CCCCC2)C2CCCCC2)CC1.N#N.[Cl][Ru]([Cl])=[CH]c1ccccc1.[Cl][Ru][Cl].[N-]=[N+]=Cc1ccccc1.c1ccc(P(c2ccccc2)c2ccccc2)cc1.c1ccc(P(c2ccccc2)c2ccccc2)cc1.c1ccc(P(c2ccccc2)c2ccccc2)cc1. The first kappa shape index (κ1) is 100. The van der Waals surface area contributed by atoms with Crippen molar-refractivity contribution in [2.75, 3.05) is 0 Å². The molecule has 0 N–H and O–H groups in total. The summed E-state index contributed by atoms with van der Waals surface area (Å²) >= 11 is -1.96. The second-order valence-electron chi connectivity index (χ2n) is 31.5. The summed E-state index contributed by atoms with van der Waals surface area (Å²) in [5.41, 5.74) is 17.5. The minimum Gasteiger partial charge on any atom is -0.361 e. The van der Waals surface area contributed by atoms with Crippen LogP contribution in [0.15, 0.2) is 334 Å². The van der Waals surface area contributed by atoms with Crippen molar-refractivity contribution < 1.29 is 33.5 Å². The predicted molar refractivity (Wildman–Crippen MR) is 534 cm³/mol. The molecule has 0 aliphatic heterocycles. The zero-order chi connectivity index (χ0) is 83.2. The van der Waals surface area contributed by atoms with Gasteiger partial charge < -0.3 is 5.53 Å². The first-order valence-electron chi connectivity index (χ1n) is 43.6. The first-order valence-corrected chi connectivity index (χ1v) is 61.1. The standard InChI is InChI=1S/2C18H33P.3C18H15P.C7H6N2.C7H6.CH4.4ClH.N2.2Ru/c5*1-4-10-16(11-5-1)19(17-12-6-2-7-13-17)18-14-8-3-9-15-18;8-9-6-7-4-2-1-3-5-7;1-7-5-3-2-4-6-7;;;;;;1-2;;/h2*16-18H,1-15H2;3*1-15H;1-6H;1-6H;1H4;4*1H;;;/q;;;;;;;;;;;;;2*+2/p-2. The second kappa shape index (κ2) is 61.9. The Morgan fingerprint density at radius 3 is 0.550 bits per heavy atom. The Balaban J connectivity index is 0.000000175. The van der Waals surface area contributed by atoms with E-state index in [2.05, 4.69) is 278 Å². The van der Waals surface area contributed by atoms with Crippen LogP contribution in [0.5, 0.6) is 0 Å². The number of halogens is 4. The molecule has 0 atom stereocenters. The Bertz CT molecular complexity index is 3750. The van der Waals surface area contributed by atoms with Gasteiger partial charge in [-0.25, -0.2) is 0 Å². The molecule has 0 radical (unpaired) electrons. The molecule has 6 fully saturated rings. The van der Waals surface area contributed by atoms with Gasteiger partial charge in [-0.05, 0) is 238 Å². The fraction of sp³-hybridized carbons (Fsp3) is 0.352. The van der Waals surface area contributed by atoms with E-state index in [9.17, 15) is 0 Å². The topological polar surface area (TPSA) is 84.0 Å². The van der Waals surface area contributed by atoms with Crippen molar-refractivity contribution in [3.8, 4) is 0 Å². The number of nitrogens with zero attached hydrogens (tertiary/aromatic N) is 4. The predicted octanol–water partition coefficient (Wildman–Crippen LogP) is 28.9. The molecular weight excluding hydrogens is 1820 g/mol. The molecule has 11 aromatic carbocycles. The van der Waals surface area contributed by atoms with Crippen molar-refractivity contribution in [1.29, 1.82) is 10.8 Å². The Kier molecular flexibility index (Phi) is 51.6. The first-order chi connectivity index (χ1) is 58.9. The molecule has 0 saturated heterocycles. The van der Waals surface area contributed by atoms with Crippen molar-refractivity contribution in [1.82, 2.24) is 0 Å². The molecule has 0 spiro atoms. The van der Waals surface area contributed by atoms with E-state index >= 15 is 0 Å². The van der Waals surface area contributed by atoms with Crippen LogP contribution in [0, 0.1) is 10.8 Å². The van der Waals surface area contributed by atoms with Crippen LogP contribution in [0.2, 0.25) is 0 Å². The van der Waals surface area contributed by atoms with Gasteiger partial charge in [0.2, 0.25) is 0 Å². The number of benzene rings is 11. The van der Waals surface area contributed by atoms with Gasteiger partial charge in [-0.2, -0.15) is 4.79 Å². The van der Waals surface area contributed by atoms with Crippen molar-refractivity contribution in [2.45, 2.75) is 234 Å². The third-order valence-corrected chi connectivity index (χ3v) is 41.9. The summed E-state index contributed by atoms with van der Waals surface area (Å²) in [6.07, 6.45) is 49.0. The average molecular weight is 1950 g/mol. The molecule has 120 heavy (non-hydrogen) atoms. The molecule has 0 aromatic heterocycles. The summed E-state index contributed by atoms with van der Waals surface area (Å²) in [7, 11) is 19.6. The van der Waals surface area contributed by atoms with Crippen molar-refractivity contribution in [3.63, 3.8) is 0 Å². The Labute approximate surface area is 758 Å². The second-order valence-corrected chi connectivity index (χ2v) is 53.4. The summed E-state index contributed by atoms with van der Waals surface area (Å²) < 4.78 is 1.92. The van der Waals surface area contributed by atoms with Crippen molar-refractivity contribution >= 4 is 137 Å². The van der Waals surface area contributed by atoms with E-state index in [0.29, 0.717) is 0 Å². The molecule has 0 bridgehead atoms. The monoisotopic (exact) mass is 1940 g/mol. The zero-order valence-electron chi connectivity index (χ0n) is 69.4. The van der Waals surface area contributed by atoms with E-state index in [4.69, 9.17) is 55.1 Å². The number of hydrogen-bond acceptors (Lipinski definition) is 2. The largest absolute Gasteiger partial charge is 0.361 e. The van der Waals surface area contributed by atoms with Crippen LogP contribution in [0.25, 0.3) is 5.53 Å². The van der Waals surface area contributed by atoms with E-state index in [1.807, 2.05) is 65.3 Å². The van der Waals surface area contributed by atoms with Gasteiger partial charge in [0.1, 0.15) is 0 Å². The Hall–Kier alpha value is -5.35. The van der Waals surface area contributed by atoms with E-state index in [0.717, 1.165) is 11.1 Å². The third-order valence-electron chi connectivity index (χ3n) is 23.6. The smallest absolute Gasteiger partial charge is 0.287 e. The molecular formula is C105H129Cl4N4P5Ru2+2.